The van der Waals surface area contributed by atoms with Crippen molar-refractivity contribution in [2.24, 2.45) is 0 Å². The monoisotopic (exact) mass is 307 g/mol. The lowest BCUT2D eigenvalue weighted by Gasteiger charge is -2.33. The van der Waals surface area contributed by atoms with Crippen molar-refractivity contribution < 1.29 is 0 Å². The molecule has 1 saturated heterocycles. The van der Waals surface area contributed by atoms with Gasteiger partial charge in [-0.2, -0.15) is 4.98 Å². The number of hydrogen-bond acceptors (Lipinski definition) is 4. The highest BCUT2D eigenvalue weighted by Gasteiger charge is 2.17. The molecule has 21 heavy (non-hydrogen) atoms. The van der Waals surface area contributed by atoms with Crippen LogP contribution >= 0.6 is 11.6 Å². The number of piperidine rings is 1. The van der Waals surface area contributed by atoms with Gasteiger partial charge >= 0.3 is 0 Å². The van der Waals surface area contributed by atoms with Crippen molar-refractivity contribution in [3.8, 4) is 0 Å². The minimum absolute atomic E-state index is 0.665. The van der Waals surface area contributed by atoms with Crippen LogP contribution in [0.2, 0.25) is 5.02 Å². The molecule has 1 fully saturated rings. The first-order chi connectivity index (χ1) is 10.2. The SMILES string of the molecule is CC1CCCCN1CCCNc1nc2ccc(Cl)cn2n1. The number of likely N-dealkylation sites (tertiary alicyclic amines) is 1. The van der Waals surface area contributed by atoms with E-state index in [9.17, 15) is 0 Å². The van der Waals surface area contributed by atoms with E-state index < -0.39 is 0 Å². The van der Waals surface area contributed by atoms with Gasteiger partial charge in [0, 0.05) is 25.3 Å². The summed E-state index contributed by atoms with van der Waals surface area (Å²) in [5.74, 6) is 0.670. The summed E-state index contributed by atoms with van der Waals surface area (Å²) in [5, 5.41) is 8.33. The van der Waals surface area contributed by atoms with Gasteiger partial charge in [-0.1, -0.05) is 18.0 Å². The van der Waals surface area contributed by atoms with Gasteiger partial charge in [0.05, 0.1) is 5.02 Å². The van der Waals surface area contributed by atoms with Gasteiger partial charge < -0.3 is 10.2 Å². The Morgan fingerprint density at radius 1 is 1.38 bits per heavy atom. The van der Waals surface area contributed by atoms with Crippen molar-refractivity contribution in [1.82, 2.24) is 19.5 Å². The van der Waals surface area contributed by atoms with Crippen molar-refractivity contribution >= 4 is 23.2 Å². The normalized spacial score (nSPS) is 20.0. The van der Waals surface area contributed by atoms with Gasteiger partial charge in [0.2, 0.25) is 5.95 Å². The van der Waals surface area contributed by atoms with Crippen molar-refractivity contribution in [3.05, 3.63) is 23.4 Å². The Balaban J connectivity index is 1.48. The summed E-state index contributed by atoms with van der Waals surface area (Å²) < 4.78 is 1.71. The third-order valence-electron chi connectivity index (χ3n) is 4.14. The van der Waals surface area contributed by atoms with Crippen LogP contribution in [0.15, 0.2) is 18.3 Å². The Labute approximate surface area is 130 Å². The zero-order valence-electron chi connectivity index (χ0n) is 12.4. The molecule has 2 aromatic rings. The van der Waals surface area contributed by atoms with E-state index in [2.05, 4.69) is 27.2 Å². The fourth-order valence-electron chi connectivity index (χ4n) is 2.91. The van der Waals surface area contributed by atoms with Crippen LogP contribution < -0.4 is 5.32 Å². The van der Waals surface area contributed by atoms with Crippen molar-refractivity contribution in [3.63, 3.8) is 0 Å². The quantitative estimate of drug-likeness (QED) is 0.862. The number of pyridine rings is 1. The minimum atomic E-state index is 0.665. The van der Waals surface area contributed by atoms with Gasteiger partial charge in [0.15, 0.2) is 5.65 Å². The van der Waals surface area contributed by atoms with Crippen LogP contribution in [0.25, 0.3) is 5.65 Å². The zero-order chi connectivity index (χ0) is 14.7. The molecule has 0 radical (unpaired) electrons. The van der Waals surface area contributed by atoms with Crippen molar-refractivity contribution in [2.45, 2.75) is 38.6 Å². The van der Waals surface area contributed by atoms with Gasteiger partial charge in [-0.25, -0.2) is 4.52 Å². The maximum Gasteiger partial charge on any atom is 0.243 e. The summed E-state index contributed by atoms with van der Waals surface area (Å²) in [7, 11) is 0. The van der Waals surface area contributed by atoms with Crippen LogP contribution in [0.1, 0.15) is 32.6 Å². The average molecular weight is 308 g/mol. The van der Waals surface area contributed by atoms with Crippen molar-refractivity contribution in [1.29, 1.82) is 0 Å². The molecule has 2 aromatic heterocycles. The first-order valence-electron chi connectivity index (χ1n) is 7.72. The number of aromatic nitrogens is 3. The highest BCUT2D eigenvalue weighted by Crippen LogP contribution is 2.16. The van der Waals surface area contributed by atoms with Crippen molar-refractivity contribution in [2.75, 3.05) is 25.0 Å². The highest BCUT2D eigenvalue weighted by molar-refractivity contribution is 6.30. The summed E-state index contributed by atoms with van der Waals surface area (Å²) >= 11 is 5.94. The molecule has 114 valence electrons. The van der Waals surface area contributed by atoms with Crippen LogP contribution in [0, 0.1) is 0 Å². The molecule has 1 unspecified atom stereocenters. The van der Waals surface area contributed by atoms with E-state index in [1.807, 2.05) is 12.1 Å². The summed E-state index contributed by atoms with van der Waals surface area (Å²) in [6, 6.07) is 4.43. The second-order valence-electron chi connectivity index (χ2n) is 5.75. The number of hydrogen-bond donors (Lipinski definition) is 1. The van der Waals surface area contributed by atoms with Gasteiger partial charge in [-0.3, -0.25) is 0 Å². The Morgan fingerprint density at radius 3 is 3.14 bits per heavy atom. The molecule has 3 heterocycles. The van der Waals surface area contributed by atoms with E-state index in [4.69, 9.17) is 11.6 Å². The Hall–Kier alpha value is -1.33. The molecular weight excluding hydrogens is 286 g/mol. The van der Waals surface area contributed by atoms with Crippen LogP contribution in [0.4, 0.5) is 5.95 Å². The van der Waals surface area contributed by atoms with E-state index >= 15 is 0 Å². The van der Waals surface area contributed by atoms with Gasteiger partial charge in [0.25, 0.3) is 0 Å². The number of halogens is 1. The fraction of sp³-hybridized carbons (Fsp3) is 0.600. The van der Waals surface area contributed by atoms with Gasteiger partial charge in [-0.05, 0) is 44.9 Å². The standard InChI is InChI=1S/C15H22ClN5/c1-12-5-2-3-9-20(12)10-4-8-17-15-18-14-7-6-13(16)11-21(14)19-15/h6-7,11-12H,2-5,8-10H2,1H3,(H,17,19). The molecule has 1 aliphatic heterocycles. The third-order valence-corrected chi connectivity index (χ3v) is 4.36. The Morgan fingerprint density at radius 2 is 2.29 bits per heavy atom. The number of nitrogens with zero attached hydrogens (tertiary/aromatic N) is 4. The molecule has 0 saturated carbocycles. The second kappa shape index (κ2) is 6.62. The van der Waals surface area contributed by atoms with Gasteiger partial charge in [0.1, 0.15) is 0 Å². The lowest BCUT2D eigenvalue weighted by Crippen LogP contribution is -2.38. The molecule has 6 heteroatoms. The predicted octanol–water partition coefficient (Wildman–Crippen LogP) is 3.06. The van der Waals surface area contributed by atoms with E-state index in [0.717, 1.165) is 31.2 Å². The molecule has 0 aliphatic carbocycles. The van der Waals surface area contributed by atoms with Crippen LogP contribution in [-0.4, -0.2) is 45.2 Å². The lowest BCUT2D eigenvalue weighted by atomic mass is 10.0. The summed E-state index contributed by atoms with van der Waals surface area (Å²) in [5.41, 5.74) is 0.812. The van der Waals surface area contributed by atoms with E-state index in [1.165, 1.54) is 25.8 Å². The predicted molar refractivity (Wildman–Crippen MR) is 86.0 cm³/mol. The number of fused-ring (bicyclic) bond motifs is 1. The lowest BCUT2D eigenvalue weighted by molar-refractivity contribution is 0.160. The number of nitrogens with one attached hydrogen (secondary N) is 1. The molecule has 0 aromatic carbocycles. The summed E-state index contributed by atoms with van der Waals surface area (Å²) in [4.78, 5) is 7.01. The molecule has 5 nitrogen and oxygen atoms in total. The fourth-order valence-corrected chi connectivity index (χ4v) is 3.06. The maximum absolute atomic E-state index is 5.94. The van der Waals surface area contributed by atoms with E-state index in [0.29, 0.717) is 11.0 Å². The van der Waals surface area contributed by atoms with E-state index in [-0.39, 0.29) is 0 Å². The molecule has 0 bridgehead atoms. The number of rotatable bonds is 5. The number of anilines is 1. The molecule has 1 N–H and O–H groups in total. The third kappa shape index (κ3) is 3.66. The first-order valence-corrected chi connectivity index (χ1v) is 8.10. The summed E-state index contributed by atoms with van der Waals surface area (Å²) in [6.45, 7) is 5.62. The maximum atomic E-state index is 5.94. The molecule has 0 amide bonds. The zero-order valence-corrected chi connectivity index (χ0v) is 13.2. The van der Waals surface area contributed by atoms with Crippen LogP contribution in [-0.2, 0) is 0 Å². The Bertz CT molecular complexity index is 597. The van der Waals surface area contributed by atoms with Crippen LogP contribution in [0.3, 0.4) is 0 Å². The summed E-state index contributed by atoms with van der Waals surface area (Å²) in [6.07, 6.45) is 6.93. The second-order valence-corrected chi connectivity index (χ2v) is 6.18. The first kappa shape index (κ1) is 14.6. The van der Waals surface area contributed by atoms with Crippen LogP contribution in [0.5, 0.6) is 0 Å². The molecule has 0 spiro atoms. The largest absolute Gasteiger partial charge is 0.353 e. The topological polar surface area (TPSA) is 45.5 Å². The molecular formula is C15H22ClN5. The molecule has 1 atom stereocenters. The smallest absolute Gasteiger partial charge is 0.243 e. The van der Waals surface area contributed by atoms with Gasteiger partial charge in [-0.15, -0.1) is 5.10 Å². The Kier molecular flexibility index (Phi) is 4.60. The van der Waals surface area contributed by atoms with E-state index in [1.54, 1.807) is 10.7 Å². The average Bonchev–Trinajstić information content (AvgIpc) is 2.87. The highest BCUT2D eigenvalue weighted by atomic mass is 35.5. The minimum Gasteiger partial charge on any atom is -0.353 e. The molecule has 1 aliphatic rings. The molecule has 3 rings (SSSR count).